The van der Waals surface area contributed by atoms with Gasteiger partial charge in [0.15, 0.2) is 0 Å². The molecule has 0 aliphatic carbocycles. The summed E-state index contributed by atoms with van der Waals surface area (Å²) in [6, 6.07) is 14.5. The van der Waals surface area contributed by atoms with E-state index in [4.69, 9.17) is 0 Å². The van der Waals surface area contributed by atoms with Crippen LogP contribution in [0.2, 0.25) is 0 Å². The Labute approximate surface area is 149 Å². The number of likely N-dealkylation sites (tertiary alicyclic amines) is 1. The highest BCUT2D eigenvalue weighted by Crippen LogP contribution is 2.23. The molecule has 0 saturated carbocycles. The third-order valence-electron chi connectivity index (χ3n) is 5.36. The highest BCUT2D eigenvalue weighted by Gasteiger charge is 2.21. The second-order valence-electron chi connectivity index (χ2n) is 7.18. The fraction of sp³-hybridized carbons (Fsp3) is 0.364. The monoisotopic (exact) mass is 332 g/mol. The Kier molecular flexibility index (Phi) is 4.50. The zero-order chi connectivity index (χ0) is 17.2. The summed E-state index contributed by atoms with van der Waals surface area (Å²) >= 11 is 0. The molecule has 0 bridgehead atoms. The molecule has 2 aliphatic heterocycles. The second-order valence-corrected chi connectivity index (χ2v) is 7.18. The van der Waals surface area contributed by atoms with E-state index in [9.17, 15) is 4.79 Å². The first-order valence-electron chi connectivity index (χ1n) is 9.23. The quantitative estimate of drug-likeness (QED) is 0.845. The van der Waals surface area contributed by atoms with Crippen molar-refractivity contribution in [1.82, 2.24) is 4.90 Å². The second kappa shape index (κ2) is 6.93. The number of aliphatic imine (C=N–C) groups is 1. The Bertz CT molecular complexity index is 814. The summed E-state index contributed by atoms with van der Waals surface area (Å²) in [5, 5.41) is 0. The summed E-state index contributed by atoms with van der Waals surface area (Å²) < 4.78 is 0. The van der Waals surface area contributed by atoms with E-state index >= 15 is 0 Å². The molecule has 4 rings (SSSR count). The van der Waals surface area contributed by atoms with Crippen LogP contribution in [0.1, 0.15) is 51.9 Å². The van der Waals surface area contributed by atoms with Gasteiger partial charge in [-0.25, -0.2) is 4.99 Å². The minimum absolute atomic E-state index is 0.114. The first kappa shape index (κ1) is 16.2. The predicted molar refractivity (Wildman–Crippen MR) is 101 cm³/mol. The van der Waals surface area contributed by atoms with Gasteiger partial charge in [-0.3, -0.25) is 9.69 Å². The lowest BCUT2D eigenvalue weighted by atomic mass is 9.91. The number of amides is 1. The lowest BCUT2D eigenvalue weighted by Gasteiger charge is -2.26. The average Bonchev–Trinajstić information content (AvgIpc) is 2.64. The fourth-order valence-corrected chi connectivity index (χ4v) is 3.87. The first-order valence-corrected chi connectivity index (χ1v) is 9.23. The number of hydrogen-bond acceptors (Lipinski definition) is 2. The number of piperidine rings is 1. The average molecular weight is 332 g/mol. The normalized spacial score (nSPS) is 18.0. The van der Waals surface area contributed by atoms with Gasteiger partial charge in [0.2, 0.25) is 0 Å². The maximum atomic E-state index is 12.4. The summed E-state index contributed by atoms with van der Waals surface area (Å²) in [4.78, 5) is 19.2. The first-order chi connectivity index (χ1) is 12.2. The maximum Gasteiger partial charge on any atom is 0.277 e. The van der Waals surface area contributed by atoms with Gasteiger partial charge < -0.3 is 0 Å². The van der Waals surface area contributed by atoms with Gasteiger partial charge in [0, 0.05) is 18.5 Å². The molecule has 25 heavy (non-hydrogen) atoms. The standard InChI is InChI=1S/C22H24N2O/c1-16-6-5-7-19-20(16)14-21(23-22(19)25)18-10-8-17(9-11-18)15-24-12-3-2-4-13-24/h5-11H,2-4,12-15H2,1H3. The molecule has 128 valence electrons. The molecule has 0 radical (unpaired) electrons. The van der Waals surface area contributed by atoms with Crippen molar-refractivity contribution in [3.63, 3.8) is 0 Å². The highest BCUT2D eigenvalue weighted by molar-refractivity contribution is 6.15. The van der Waals surface area contributed by atoms with Crippen LogP contribution < -0.4 is 0 Å². The van der Waals surface area contributed by atoms with Crippen molar-refractivity contribution in [3.05, 3.63) is 70.3 Å². The molecular formula is C22H24N2O. The molecule has 2 aliphatic rings. The van der Waals surface area contributed by atoms with Crippen molar-refractivity contribution in [3.8, 4) is 0 Å². The third kappa shape index (κ3) is 3.42. The van der Waals surface area contributed by atoms with Crippen LogP contribution in [0.4, 0.5) is 0 Å². The topological polar surface area (TPSA) is 32.7 Å². The number of carbonyl (C=O) groups is 1. The summed E-state index contributed by atoms with van der Waals surface area (Å²) in [5.74, 6) is -0.114. The van der Waals surface area contributed by atoms with Gasteiger partial charge in [-0.1, -0.05) is 42.8 Å². The minimum atomic E-state index is -0.114. The molecule has 1 amide bonds. The molecule has 3 heteroatoms. The molecule has 0 aromatic heterocycles. The number of rotatable bonds is 3. The Morgan fingerprint density at radius 2 is 1.76 bits per heavy atom. The van der Waals surface area contributed by atoms with Gasteiger partial charge in [0.05, 0.1) is 5.71 Å². The molecule has 1 fully saturated rings. The number of hydrogen-bond donors (Lipinski definition) is 0. The lowest BCUT2D eigenvalue weighted by Crippen LogP contribution is -2.29. The Hall–Kier alpha value is -2.26. The van der Waals surface area contributed by atoms with Crippen LogP contribution in [0.5, 0.6) is 0 Å². The molecule has 0 atom stereocenters. The van der Waals surface area contributed by atoms with Gasteiger partial charge >= 0.3 is 0 Å². The minimum Gasteiger partial charge on any atom is -0.299 e. The number of aryl methyl sites for hydroxylation is 1. The van der Waals surface area contributed by atoms with Crippen LogP contribution in [-0.4, -0.2) is 29.6 Å². The van der Waals surface area contributed by atoms with Crippen molar-refractivity contribution >= 4 is 11.6 Å². The van der Waals surface area contributed by atoms with Gasteiger partial charge in [-0.2, -0.15) is 0 Å². The molecule has 2 aromatic carbocycles. The van der Waals surface area contributed by atoms with Crippen molar-refractivity contribution < 1.29 is 4.79 Å². The zero-order valence-electron chi connectivity index (χ0n) is 14.8. The lowest BCUT2D eigenvalue weighted by molar-refractivity contribution is 0.1000. The number of benzene rings is 2. The molecule has 2 heterocycles. The molecule has 0 spiro atoms. The summed E-state index contributed by atoms with van der Waals surface area (Å²) in [5.41, 5.74) is 6.33. The van der Waals surface area contributed by atoms with Crippen LogP contribution >= 0.6 is 0 Å². The van der Waals surface area contributed by atoms with Crippen LogP contribution in [0.15, 0.2) is 47.5 Å². The van der Waals surface area contributed by atoms with Gasteiger partial charge in [0.1, 0.15) is 0 Å². The number of fused-ring (bicyclic) bond motifs is 1. The molecule has 0 unspecified atom stereocenters. The third-order valence-corrected chi connectivity index (χ3v) is 5.36. The molecular weight excluding hydrogens is 308 g/mol. The van der Waals surface area contributed by atoms with E-state index in [1.165, 1.54) is 43.5 Å². The summed E-state index contributed by atoms with van der Waals surface area (Å²) in [6.07, 6.45) is 4.73. The smallest absolute Gasteiger partial charge is 0.277 e. The van der Waals surface area contributed by atoms with Crippen LogP contribution in [0.3, 0.4) is 0 Å². The number of nitrogens with zero attached hydrogens (tertiary/aromatic N) is 2. The van der Waals surface area contributed by atoms with E-state index in [1.807, 2.05) is 12.1 Å². The van der Waals surface area contributed by atoms with Crippen LogP contribution in [0.25, 0.3) is 0 Å². The van der Waals surface area contributed by atoms with E-state index < -0.39 is 0 Å². The van der Waals surface area contributed by atoms with Gasteiger partial charge in [-0.15, -0.1) is 0 Å². The van der Waals surface area contributed by atoms with Gasteiger partial charge in [-0.05, 0) is 61.2 Å². The van der Waals surface area contributed by atoms with E-state index in [2.05, 4.69) is 47.1 Å². The Morgan fingerprint density at radius 3 is 2.52 bits per heavy atom. The van der Waals surface area contributed by atoms with Crippen molar-refractivity contribution in [2.24, 2.45) is 4.99 Å². The van der Waals surface area contributed by atoms with Crippen molar-refractivity contribution in [2.45, 2.75) is 39.2 Å². The largest absolute Gasteiger partial charge is 0.299 e. The molecule has 2 aromatic rings. The summed E-state index contributed by atoms with van der Waals surface area (Å²) in [6.45, 7) is 5.50. The number of carbonyl (C=O) groups excluding carboxylic acids is 1. The molecule has 0 N–H and O–H groups in total. The Morgan fingerprint density at radius 1 is 1.00 bits per heavy atom. The van der Waals surface area contributed by atoms with E-state index in [0.717, 1.165) is 35.4 Å². The van der Waals surface area contributed by atoms with E-state index in [-0.39, 0.29) is 5.91 Å². The van der Waals surface area contributed by atoms with Crippen LogP contribution in [0, 0.1) is 6.92 Å². The fourth-order valence-electron chi connectivity index (χ4n) is 3.87. The van der Waals surface area contributed by atoms with E-state index in [0.29, 0.717) is 0 Å². The Balaban J connectivity index is 1.52. The maximum absolute atomic E-state index is 12.4. The van der Waals surface area contributed by atoms with Crippen LogP contribution in [-0.2, 0) is 13.0 Å². The van der Waals surface area contributed by atoms with E-state index in [1.54, 1.807) is 0 Å². The molecule has 3 nitrogen and oxygen atoms in total. The summed E-state index contributed by atoms with van der Waals surface area (Å²) in [7, 11) is 0. The van der Waals surface area contributed by atoms with Crippen molar-refractivity contribution in [2.75, 3.05) is 13.1 Å². The zero-order valence-corrected chi connectivity index (χ0v) is 14.8. The highest BCUT2D eigenvalue weighted by atomic mass is 16.1. The molecule has 1 saturated heterocycles. The van der Waals surface area contributed by atoms with Gasteiger partial charge in [0.25, 0.3) is 5.91 Å². The predicted octanol–water partition coefficient (Wildman–Crippen LogP) is 4.17. The SMILES string of the molecule is Cc1cccc2c1CC(c1ccc(CN3CCCCC3)cc1)=NC2=O. The van der Waals surface area contributed by atoms with Crippen molar-refractivity contribution in [1.29, 1.82) is 0 Å².